The van der Waals surface area contributed by atoms with E-state index in [0.717, 1.165) is 0 Å². The molecule has 0 atom stereocenters. The second-order valence-corrected chi connectivity index (χ2v) is 7.19. The summed E-state index contributed by atoms with van der Waals surface area (Å²) in [5.74, 6) is -0.907. The Balaban J connectivity index is 2.22. The Morgan fingerprint density at radius 3 is 2.71 bits per heavy atom. The molecule has 0 aliphatic carbocycles. The van der Waals surface area contributed by atoms with Crippen molar-refractivity contribution in [2.45, 2.75) is 11.3 Å². The number of aliphatic hydroxyl groups is 1. The van der Waals surface area contributed by atoms with E-state index in [-0.39, 0.29) is 23.1 Å². The maximum absolute atomic E-state index is 14.0. The number of aliphatic hydroxyl groups excluding tert-OH is 1. The predicted molar refractivity (Wildman–Crippen MR) is 78.3 cm³/mol. The van der Waals surface area contributed by atoms with Crippen molar-refractivity contribution >= 4 is 21.6 Å². The van der Waals surface area contributed by atoms with Crippen LogP contribution in [0.15, 0.2) is 23.1 Å². The first kappa shape index (κ1) is 16.6. The molecule has 21 heavy (non-hydrogen) atoms. The van der Waals surface area contributed by atoms with Crippen molar-refractivity contribution in [1.29, 1.82) is 0 Å². The van der Waals surface area contributed by atoms with Gasteiger partial charge in [0.15, 0.2) is 5.82 Å². The number of benzene rings is 1. The molecule has 1 aromatic carbocycles. The molecule has 0 amide bonds. The largest absolute Gasteiger partial charge is 0.395 e. The van der Waals surface area contributed by atoms with Gasteiger partial charge in [-0.05, 0) is 25.1 Å². The van der Waals surface area contributed by atoms with Crippen molar-refractivity contribution in [1.82, 2.24) is 9.21 Å². The quantitative estimate of drug-likeness (QED) is 0.896. The maximum atomic E-state index is 14.0. The number of hydrogen-bond donors (Lipinski definition) is 1. The minimum Gasteiger partial charge on any atom is -0.395 e. The Kier molecular flexibility index (Phi) is 5.56. The van der Waals surface area contributed by atoms with Crippen LogP contribution >= 0.6 is 11.6 Å². The highest BCUT2D eigenvalue weighted by Gasteiger charge is 2.29. The fourth-order valence-corrected chi connectivity index (χ4v) is 4.16. The van der Waals surface area contributed by atoms with Gasteiger partial charge in [0, 0.05) is 26.2 Å². The molecular weight excluding hydrogens is 319 g/mol. The van der Waals surface area contributed by atoms with Crippen molar-refractivity contribution < 1.29 is 17.9 Å². The van der Waals surface area contributed by atoms with Crippen LogP contribution in [-0.2, 0) is 10.0 Å². The number of β-amino-alcohol motifs (C(OH)–C–C–N with tert-alkyl or cyclic N) is 1. The van der Waals surface area contributed by atoms with E-state index in [4.69, 9.17) is 16.7 Å². The molecule has 8 heteroatoms. The van der Waals surface area contributed by atoms with Crippen molar-refractivity contribution in [3.63, 3.8) is 0 Å². The third-order valence-electron chi connectivity index (χ3n) is 3.50. The summed E-state index contributed by atoms with van der Waals surface area (Å²) in [6, 6.07) is 3.97. The van der Waals surface area contributed by atoms with Gasteiger partial charge in [0.1, 0.15) is 4.90 Å². The molecule has 0 spiro atoms. The van der Waals surface area contributed by atoms with Crippen molar-refractivity contribution in [2.24, 2.45) is 0 Å². The van der Waals surface area contributed by atoms with E-state index in [1.807, 2.05) is 4.90 Å². The lowest BCUT2D eigenvalue weighted by molar-refractivity contribution is 0.202. The zero-order chi connectivity index (χ0) is 15.5. The Bertz CT molecular complexity index is 597. The number of rotatable bonds is 4. The van der Waals surface area contributed by atoms with Gasteiger partial charge in [-0.2, -0.15) is 4.31 Å². The van der Waals surface area contributed by atoms with Crippen LogP contribution in [0.2, 0.25) is 5.02 Å². The predicted octanol–water partition coefficient (Wildman–Crippen LogP) is 1.17. The van der Waals surface area contributed by atoms with E-state index in [9.17, 15) is 12.8 Å². The van der Waals surface area contributed by atoms with Gasteiger partial charge in [-0.1, -0.05) is 17.7 Å². The smallest absolute Gasteiger partial charge is 0.246 e. The van der Waals surface area contributed by atoms with Gasteiger partial charge < -0.3 is 5.11 Å². The summed E-state index contributed by atoms with van der Waals surface area (Å²) < 4.78 is 40.3. The number of halogens is 2. The van der Waals surface area contributed by atoms with Crippen molar-refractivity contribution in [2.75, 3.05) is 39.3 Å². The van der Waals surface area contributed by atoms with Gasteiger partial charge in [0.2, 0.25) is 10.0 Å². The molecule has 1 heterocycles. The van der Waals surface area contributed by atoms with E-state index in [2.05, 4.69) is 0 Å². The zero-order valence-electron chi connectivity index (χ0n) is 11.5. The monoisotopic (exact) mass is 336 g/mol. The minimum atomic E-state index is -3.89. The Morgan fingerprint density at radius 1 is 1.24 bits per heavy atom. The molecular formula is C13H18ClFN2O3S. The van der Waals surface area contributed by atoms with Crippen LogP contribution in [-0.4, -0.2) is 62.1 Å². The summed E-state index contributed by atoms with van der Waals surface area (Å²) in [6.45, 7) is 2.38. The van der Waals surface area contributed by atoms with Crippen LogP contribution < -0.4 is 0 Å². The molecule has 1 aromatic rings. The molecule has 118 valence electrons. The normalized spacial score (nSPS) is 18.6. The lowest BCUT2D eigenvalue weighted by Crippen LogP contribution is -2.36. The van der Waals surface area contributed by atoms with Gasteiger partial charge >= 0.3 is 0 Å². The summed E-state index contributed by atoms with van der Waals surface area (Å²) in [7, 11) is -3.89. The first-order valence-electron chi connectivity index (χ1n) is 6.74. The van der Waals surface area contributed by atoms with Gasteiger partial charge in [-0.3, -0.25) is 4.90 Å². The lowest BCUT2D eigenvalue weighted by atomic mass is 10.3. The van der Waals surface area contributed by atoms with Gasteiger partial charge in [-0.15, -0.1) is 0 Å². The molecule has 0 radical (unpaired) electrons. The fraction of sp³-hybridized carbons (Fsp3) is 0.538. The first-order chi connectivity index (χ1) is 9.96. The molecule has 1 aliphatic rings. The van der Waals surface area contributed by atoms with Gasteiger partial charge in [0.05, 0.1) is 11.6 Å². The SMILES string of the molecule is O=S(=O)(c1cccc(Cl)c1F)N1CCCN(CCO)CC1. The zero-order valence-corrected chi connectivity index (χ0v) is 13.1. The molecule has 1 saturated heterocycles. The number of sulfonamides is 1. The number of nitrogens with zero attached hydrogens (tertiary/aromatic N) is 2. The average Bonchev–Trinajstić information content (AvgIpc) is 2.68. The summed E-state index contributed by atoms with van der Waals surface area (Å²) in [4.78, 5) is 1.61. The first-order valence-corrected chi connectivity index (χ1v) is 8.56. The van der Waals surface area contributed by atoms with Crippen LogP contribution in [0.3, 0.4) is 0 Å². The molecule has 5 nitrogen and oxygen atoms in total. The van der Waals surface area contributed by atoms with Gasteiger partial charge in [-0.25, -0.2) is 12.8 Å². The average molecular weight is 337 g/mol. The lowest BCUT2D eigenvalue weighted by Gasteiger charge is -2.21. The summed E-state index contributed by atoms with van der Waals surface area (Å²) in [5, 5.41) is 8.74. The molecule has 1 aliphatic heterocycles. The summed E-state index contributed by atoms with van der Waals surface area (Å²) >= 11 is 5.66. The van der Waals surface area contributed by atoms with Gasteiger partial charge in [0.25, 0.3) is 0 Å². The Labute approximate surface area is 129 Å². The second-order valence-electron chi connectivity index (χ2n) is 4.87. The molecule has 0 aromatic heterocycles. The summed E-state index contributed by atoms with van der Waals surface area (Å²) in [6.07, 6.45) is 0.640. The molecule has 0 saturated carbocycles. The van der Waals surface area contributed by atoms with Crippen molar-refractivity contribution in [3.05, 3.63) is 29.0 Å². The number of hydrogen-bond acceptors (Lipinski definition) is 4. The van der Waals surface area contributed by atoms with Crippen LogP contribution in [0.5, 0.6) is 0 Å². The van der Waals surface area contributed by atoms with Crippen LogP contribution in [0.4, 0.5) is 4.39 Å². The molecule has 1 fully saturated rings. The highest BCUT2D eigenvalue weighted by Crippen LogP contribution is 2.25. The van der Waals surface area contributed by atoms with E-state index in [1.165, 1.54) is 22.5 Å². The van der Waals surface area contributed by atoms with Crippen LogP contribution in [0, 0.1) is 5.82 Å². The van der Waals surface area contributed by atoms with E-state index < -0.39 is 15.8 Å². The molecule has 0 unspecified atom stereocenters. The molecule has 0 bridgehead atoms. The second kappa shape index (κ2) is 7.02. The van der Waals surface area contributed by atoms with E-state index in [0.29, 0.717) is 32.6 Å². The third kappa shape index (κ3) is 3.73. The standard InChI is InChI=1S/C13H18ClFN2O3S/c14-11-3-1-4-12(13(11)15)21(19,20)17-6-2-5-16(7-8-17)9-10-18/h1,3-4,18H,2,5-10H2. The Hall–Kier alpha value is -0.730. The highest BCUT2D eigenvalue weighted by molar-refractivity contribution is 7.89. The van der Waals surface area contributed by atoms with Crippen molar-refractivity contribution in [3.8, 4) is 0 Å². The topological polar surface area (TPSA) is 60.9 Å². The van der Waals surface area contributed by atoms with Crippen LogP contribution in [0.1, 0.15) is 6.42 Å². The third-order valence-corrected chi connectivity index (χ3v) is 5.71. The fourth-order valence-electron chi connectivity index (χ4n) is 2.37. The summed E-state index contributed by atoms with van der Waals surface area (Å²) in [5.41, 5.74) is 0. The minimum absolute atomic E-state index is 0.0374. The molecule has 2 rings (SSSR count). The van der Waals surface area contributed by atoms with E-state index >= 15 is 0 Å². The highest BCUT2D eigenvalue weighted by atomic mass is 35.5. The maximum Gasteiger partial charge on any atom is 0.246 e. The van der Waals surface area contributed by atoms with E-state index in [1.54, 1.807) is 0 Å². The Morgan fingerprint density at radius 2 is 2.00 bits per heavy atom. The molecule has 1 N–H and O–H groups in total. The van der Waals surface area contributed by atoms with Crippen LogP contribution in [0.25, 0.3) is 0 Å².